The van der Waals surface area contributed by atoms with Gasteiger partial charge in [-0.25, -0.2) is 0 Å². The molecule has 224 valence electrons. The summed E-state index contributed by atoms with van der Waals surface area (Å²) >= 11 is 0. The van der Waals surface area contributed by atoms with Gasteiger partial charge in [0.15, 0.2) is 0 Å². The zero-order valence-corrected chi connectivity index (χ0v) is 24.2. The Hall–Kier alpha value is -2.01. The van der Waals surface area contributed by atoms with E-state index in [9.17, 15) is 25.9 Å². The van der Waals surface area contributed by atoms with Gasteiger partial charge in [0, 0.05) is 11.1 Å². The van der Waals surface area contributed by atoms with Crippen molar-refractivity contribution in [1.29, 1.82) is 0 Å². The second-order valence-corrected chi connectivity index (χ2v) is 12.3. The van der Waals surface area contributed by atoms with Crippen molar-refractivity contribution in [3.05, 3.63) is 121 Å². The Kier molecular flexibility index (Phi) is 12.4. The quantitative estimate of drug-likeness (QED) is 0.136. The van der Waals surface area contributed by atoms with Crippen LogP contribution in [0.15, 0.2) is 119 Å². The zero-order valence-electron chi connectivity index (χ0n) is 22.6. The van der Waals surface area contributed by atoms with E-state index in [4.69, 9.17) is 0 Å². The van der Waals surface area contributed by atoms with Crippen molar-refractivity contribution in [1.82, 2.24) is 30.0 Å². The first-order valence-electron chi connectivity index (χ1n) is 12.9. The van der Waals surface area contributed by atoms with Crippen LogP contribution in [0.1, 0.15) is 11.1 Å². The average molecular weight is 707 g/mol. The average Bonchev–Trinajstić information content (AvgIpc) is 3.71. The van der Waals surface area contributed by atoms with Crippen molar-refractivity contribution < 1.29 is 25.9 Å². The third-order valence-corrected chi connectivity index (χ3v) is 8.40. The maximum absolute atomic E-state index is 12.3. The molecule has 6 rings (SSSR count). The van der Waals surface area contributed by atoms with Crippen LogP contribution in [-0.2, 0) is 20.2 Å². The number of hydrogen-bond donors (Lipinski definition) is 2. The topological polar surface area (TPSA) is 170 Å². The molecule has 46 heavy (non-hydrogen) atoms. The van der Waals surface area contributed by atoms with Crippen LogP contribution in [0.4, 0.5) is 0 Å². The van der Waals surface area contributed by atoms with Gasteiger partial charge in [0.25, 0.3) is 20.2 Å². The van der Waals surface area contributed by atoms with Gasteiger partial charge in [0.1, 0.15) is 21.2 Å². The number of hydrogen-bond acceptors (Lipinski definition) is 8. The summed E-state index contributed by atoms with van der Waals surface area (Å²) < 4.78 is 69.3. The summed E-state index contributed by atoms with van der Waals surface area (Å²) in [7, 11) is -9.45. The Morgan fingerprint density at radius 3 is 1.26 bits per heavy atom. The Balaban J connectivity index is 0.00000240. The summed E-state index contributed by atoms with van der Waals surface area (Å²) in [6.07, 6.45) is 5.67. The first-order valence-corrected chi connectivity index (χ1v) is 15.8. The summed E-state index contributed by atoms with van der Waals surface area (Å²) in [6, 6.07) is 26.9. The van der Waals surface area contributed by atoms with Gasteiger partial charge >= 0.3 is 103 Å². The van der Waals surface area contributed by atoms with Crippen LogP contribution in [0.2, 0.25) is 0 Å². The van der Waals surface area contributed by atoms with Crippen molar-refractivity contribution in [2.45, 2.75) is 9.79 Å². The van der Waals surface area contributed by atoms with Gasteiger partial charge in [-0.15, -0.1) is 10.2 Å². The van der Waals surface area contributed by atoms with Crippen LogP contribution in [0.25, 0.3) is 46.0 Å². The van der Waals surface area contributed by atoms with E-state index in [-0.39, 0.29) is 125 Å². The van der Waals surface area contributed by atoms with Crippen LogP contribution in [0, 0.1) is 0 Å². The monoisotopic (exact) mass is 706 g/mol. The second kappa shape index (κ2) is 15.5. The predicted molar refractivity (Wildman–Crippen MR) is 176 cm³/mol. The number of benzene rings is 4. The molecule has 0 spiro atoms. The second-order valence-electron chi connectivity index (χ2n) is 9.50. The van der Waals surface area contributed by atoms with Crippen LogP contribution in [0.3, 0.4) is 0 Å². The van der Waals surface area contributed by atoms with Gasteiger partial charge in [-0.2, -0.15) is 36.6 Å². The first-order chi connectivity index (χ1) is 21.1. The van der Waals surface area contributed by atoms with E-state index >= 15 is 0 Å². The minimum absolute atomic E-state index is 0. The molecule has 12 nitrogen and oxygen atoms in total. The minimum atomic E-state index is -4.72. The molecular formula is C30H24K2N6O6S2. The fourth-order valence-electron chi connectivity index (χ4n) is 4.45. The van der Waals surface area contributed by atoms with Gasteiger partial charge in [-0.05, 0) is 35.4 Å². The van der Waals surface area contributed by atoms with Crippen molar-refractivity contribution >= 4 is 135 Å². The molecule has 0 aliphatic rings. The summed E-state index contributed by atoms with van der Waals surface area (Å²) in [6.45, 7) is 0. The molecular weight excluding hydrogens is 683 g/mol. The van der Waals surface area contributed by atoms with Gasteiger partial charge in [0.05, 0.1) is 23.8 Å². The molecule has 2 aromatic heterocycles. The van der Waals surface area contributed by atoms with Crippen molar-refractivity contribution in [2.24, 2.45) is 0 Å². The number of aromatic nitrogens is 6. The van der Waals surface area contributed by atoms with E-state index in [0.29, 0.717) is 11.4 Å². The van der Waals surface area contributed by atoms with Crippen LogP contribution in [-0.4, -0.2) is 159 Å². The molecule has 0 amide bonds. The van der Waals surface area contributed by atoms with E-state index in [1.807, 2.05) is 60.7 Å². The fourth-order valence-corrected chi connectivity index (χ4v) is 5.86. The molecule has 2 heterocycles. The summed E-state index contributed by atoms with van der Waals surface area (Å²) in [5.41, 5.74) is 3.39. The number of rotatable bonds is 8. The van der Waals surface area contributed by atoms with Gasteiger partial charge < -0.3 is 0 Å². The Morgan fingerprint density at radius 2 is 0.913 bits per heavy atom. The molecule has 0 saturated carbocycles. The van der Waals surface area contributed by atoms with E-state index in [1.165, 1.54) is 58.4 Å². The normalized spacial score (nSPS) is 11.6. The molecule has 0 saturated heterocycles. The molecule has 0 aliphatic heterocycles. The van der Waals surface area contributed by atoms with Crippen LogP contribution < -0.4 is 0 Å². The molecule has 0 bridgehead atoms. The number of nitrogens with zero attached hydrogens (tertiary/aromatic N) is 6. The zero-order chi connectivity index (χ0) is 30.9. The molecule has 0 atom stereocenters. The SMILES string of the molecule is O=S(=O)(O)c1cc(-n2ncc(-c3ccccc3)n2)ccc1C=Cc1ccc(-n2ncc(-c3ccccc3)n2)cc1S(=O)(=O)O.[KH].[KH]. The van der Waals surface area contributed by atoms with Crippen LogP contribution in [0.5, 0.6) is 0 Å². The van der Waals surface area contributed by atoms with E-state index in [1.54, 1.807) is 12.1 Å². The first kappa shape index (κ1) is 36.8. The van der Waals surface area contributed by atoms with Gasteiger partial charge in [-0.1, -0.05) is 84.9 Å². The third kappa shape index (κ3) is 8.52. The van der Waals surface area contributed by atoms with Gasteiger partial charge in [0.2, 0.25) is 0 Å². The molecule has 0 unspecified atom stereocenters. The molecule has 2 N–H and O–H groups in total. The fraction of sp³-hybridized carbons (Fsp3) is 0. The van der Waals surface area contributed by atoms with Crippen molar-refractivity contribution in [3.8, 4) is 33.9 Å². The van der Waals surface area contributed by atoms with E-state index < -0.39 is 30.0 Å². The van der Waals surface area contributed by atoms with E-state index in [0.717, 1.165) is 11.1 Å². The maximum atomic E-state index is 12.3. The molecule has 0 radical (unpaired) electrons. The van der Waals surface area contributed by atoms with Gasteiger partial charge in [-0.3, -0.25) is 9.11 Å². The molecule has 4 aromatic carbocycles. The summed E-state index contributed by atoms with van der Waals surface area (Å²) in [5, 5.41) is 17.2. The third-order valence-electron chi connectivity index (χ3n) is 6.58. The standard InChI is InChI=1S/C30H22N6O6S2.2K.2H/c37-43(38,39)29-17-25(35-31-19-27(33-35)21-7-3-1-4-8-21)15-13-23(29)11-12-24-14-16-26(18-30(24)44(40,41)42)36-32-20-28(34-36)22-9-5-2-6-10-22;;;;/h1-20H,(H,37,38,39)(H,40,41,42);;;;. The summed E-state index contributed by atoms with van der Waals surface area (Å²) in [5.74, 6) is 0. The summed E-state index contributed by atoms with van der Waals surface area (Å²) in [4.78, 5) is 1.55. The Morgan fingerprint density at radius 1 is 0.543 bits per heavy atom. The molecule has 0 aliphatic carbocycles. The van der Waals surface area contributed by atoms with E-state index in [2.05, 4.69) is 20.4 Å². The van der Waals surface area contributed by atoms with Crippen LogP contribution >= 0.6 is 0 Å². The predicted octanol–water partition coefficient (Wildman–Crippen LogP) is 3.55. The molecule has 16 heteroatoms. The Labute approximate surface area is 349 Å². The molecule has 0 fully saturated rings. The Bertz CT molecular complexity index is 2080. The van der Waals surface area contributed by atoms with Crippen molar-refractivity contribution in [2.75, 3.05) is 0 Å². The van der Waals surface area contributed by atoms with Crippen molar-refractivity contribution in [3.63, 3.8) is 0 Å². The molecule has 6 aromatic rings.